The third-order valence-electron chi connectivity index (χ3n) is 2.92. The first-order valence-electron chi connectivity index (χ1n) is 6.15. The van der Waals surface area contributed by atoms with Crippen molar-refractivity contribution >= 4 is 6.01 Å². The first kappa shape index (κ1) is 12.9. The highest BCUT2D eigenvalue weighted by Crippen LogP contribution is 2.39. The van der Waals surface area contributed by atoms with E-state index in [9.17, 15) is 13.2 Å². The summed E-state index contributed by atoms with van der Waals surface area (Å²) < 4.78 is 43.4. The van der Waals surface area contributed by atoms with Crippen LogP contribution in [0.4, 0.5) is 19.2 Å². The fourth-order valence-electron chi connectivity index (χ4n) is 1.80. The minimum Gasteiger partial charge on any atom is -0.408 e. The normalized spacial score (nSPS) is 15.6. The summed E-state index contributed by atoms with van der Waals surface area (Å²) in [5.74, 6) is 1.17. The van der Waals surface area contributed by atoms with Crippen LogP contribution in [-0.4, -0.2) is 25.9 Å². The Morgan fingerprint density at radius 1 is 1.35 bits per heavy atom. The number of halogens is 3. The largest absolute Gasteiger partial charge is 0.408 e. The predicted octanol–water partition coefficient (Wildman–Crippen LogP) is 2.32. The number of nitrogens with zero attached hydrogens (tertiary/aromatic N) is 4. The fourth-order valence-corrected chi connectivity index (χ4v) is 1.80. The lowest BCUT2D eigenvalue weighted by atomic mass is 10.4. The maximum atomic E-state index is 12.4. The van der Waals surface area contributed by atoms with Gasteiger partial charge in [-0.1, -0.05) is 5.10 Å². The zero-order valence-corrected chi connectivity index (χ0v) is 10.4. The van der Waals surface area contributed by atoms with Crippen molar-refractivity contribution in [2.24, 2.45) is 0 Å². The Balaban J connectivity index is 1.61. The van der Waals surface area contributed by atoms with E-state index >= 15 is 0 Å². The molecule has 9 heteroatoms. The van der Waals surface area contributed by atoms with Crippen molar-refractivity contribution in [1.82, 2.24) is 19.7 Å². The van der Waals surface area contributed by atoms with Gasteiger partial charge in [0.2, 0.25) is 5.89 Å². The van der Waals surface area contributed by atoms with Gasteiger partial charge in [-0.15, -0.1) is 5.10 Å². The van der Waals surface area contributed by atoms with E-state index in [1.165, 1.54) is 12.4 Å². The van der Waals surface area contributed by atoms with Gasteiger partial charge in [-0.25, -0.2) is 4.98 Å². The molecular formula is C11H12F3N5O. The molecule has 0 amide bonds. The van der Waals surface area contributed by atoms with Crippen LogP contribution >= 0.6 is 0 Å². The molecule has 0 aromatic carbocycles. The van der Waals surface area contributed by atoms with E-state index in [0.717, 1.165) is 17.4 Å². The number of hydrogen-bond acceptors (Lipinski definition) is 5. The SMILES string of the molecule is FC(F)(F)Cn1ccnc1CNc1nnc(C2CC2)o1. The van der Waals surface area contributed by atoms with Gasteiger partial charge in [0.05, 0.1) is 6.54 Å². The van der Waals surface area contributed by atoms with Crippen LogP contribution in [-0.2, 0) is 13.1 Å². The third-order valence-corrected chi connectivity index (χ3v) is 2.92. The van der Waals surface area contributed by atoms with Crippen LogP contribution in [0.1, 0.15) is 30.5 Å². The maximum Gasteiger partial charge on any atom is 0.406 e. The monoisotopic (exact) mass is 287 g/mol. The summed E-state index contributed by atoms with van der Waals surface area (Å²) >= 11 is 0. The molecule has 1 saturated carbocycles. The van der Waals surface area contributed by atoms with Crippen LogP contribution in [0.2, 0.25) is 0 Å². The lowest BCUT2D eigenvalue weighted by Gasteiger charge is -2.10. The van der Waals surface area contributed by atoms with E-state index in [4.69, 9.17) is 4.42 Å². The molecule has 0 unspecified atom stereocenters. The summed E-state index contributed by atoms with van der Waals surface area (Å²) in [5, 5.41) is 10.5. The van der Waals surface area contributed by atoms with Crippen LogP contribution in [0, 0.1) is 0 Å². The molecule has 0 atom stereocenters. The molecule has 6 nitrogen and oxygen atoms in total. The molecule has 0 radical (unpaired) electrons. The molecule has 2 aromatic rings. The lowest BCUT2D eigenvalue weighted by Crippen LogP contribution is -2.20. The number of anilines is 1. The first-order chi connectivity index (χ1) is 9.51. The average Bonchev–Trinajstić information content (AvgIpc) is 2.95. The van der Waals surface area contributed by atoms with Crippen molar-refractivity contribution < 1.29 is 17.6 Å². The molecular weight excluding hydrogens is 275 g/mol. The Morgan fingerprint density at radius 3 is 2.85 bits per heavy atom. The van der Waals surface area contributed by atoms with E-state index in [-0.39, 0.29) is 18.4 Å². The summed E-state index contributed by atoms with van der Waals surface area (Å²) in [6, 6.07) is 0.202. The highest BCUT2D eigenvalue weighted by molar-refractivity contribution is 5.19. The lowest BCUT2D eigenvalue weighted by molar-refractivity contribution is -0.141. The molecule has 0 bridgehead atoms. The number of rotatable bonds is 5. The Morgan fingerprint density at radius 2 is 2.15 bits per heavy atom. The van der Waals surface area contributed by atoms with Crippen LogP contribution in [0.3, 0.4) is 0 Å². The van der Waals surface area contributed by atoms with E-state index in [0.29, 0.717) is 11.8 Å². The summed E-state index contributed by atoms with van der Waals surface area (Å²) in [6.07, 6.45) is 0.411. The maximum absolute atomic E-state index is 12.4. The molecule has 0 aliphatic heterocycles. The number of imidazole rings is 1. The fraction of sp³-hybridized carbons (Fsp3) is 0.545. The van der Waals surface area contributed by atoms with Gasteiger partial charge in [-0.2, -0.15) is 13.2 Å². The highest BCUT2D eigenvalue weighted by Gasteiger charge is 2.30. The van der Waals surface area contributed by atoms with Gasteiger partial charge in [0, 0.05) is 18.3 Å². The Hall–Kier alpha value is -2.06. The van der Waals surface area contributed by atoms with Crippen molar-refractivity contribution in [2.75, 3.05) is 5.32 Å². The van der Waals surface area contributed by atoms with Gasteiger partial charge in [-0.05, 0) is 12.8 Å². The van der Waals surface area contributed by atoms with Crippen LogP contribution in [0.5, 0.6) is 0 Å². The molecule has 3 rings (SSSR count). The van der Waals surface area contributed by atoms with Gasteiger partial charge in [0.25, 0.3) is 0 Å². The molecule has 2 aromatic heterocycles. The standard InChI is InChI=1S/C11H12F3N5O/c12-11(13,14)6-19-4-3-15-8(19)5-16-10-18-17-9(20-10)7-1-2-7/h3-4,7H,1-2,5-6H2,(H,16,18). The van der Waals surface area contributed by atoms with Crippen molar-refractivity contribution in [2.45, 2.75) is 38.0 Å². The number of alkyl halides is 3. The minimum absolute atomic E-state index is 0.0926. The summed E-state index contributed by atoms with van der Waals surface area (Å²) in [7, 11) is 0. The second-order valence-corrected chi connectivity index (χ2v) is 4.66. The van der Waals surface area contributed by atoms with E-state index in [1.807, 2.05) is 0 Å². The van der Waals surface area contributed by atoms with E-state index < -0.39 is 12.7 Å². The zero-order valence-electron chi connectivity index (χ0n) is 10.4. The molecule has 1 N–H and O–H groups in total. The van der Waals surface area contributed by atoms with Gasteiger partial charge < -0.3 is 14.3 Å². The number of hydrogen-bond donors (Lipinski definition) is 1. The third kappa shape index (κ3) is 3.09. The summed E-state index contributed by atoms with van der Waals surface area (Å²) in [4.78, 5) is 3.88. The number of nitrogens with one attached hydrogen (secondary N) is 1. The van der Waals surface area contributed by atoms with Crippen molar-refractivity contribution in [3.05, 3.63) is 24.1 Å². The molecule has 1 aliphatic rings. The van der Waals surface area contributed by atoms with Crippen LogP contribution < -0.4 is 5.32 Å². The molecule has 2 heterocycles. The number of aromatic nitrogens is 4. The molecule has 0 saturated heterocycles. The topological polar surface area (TPSA) is 68.8 Å². The van der Waals surface area contributed by atoms with Gasteiger partial charge >= 0.3 is 12.2 Å². The van der Waals surface area contributed by atoms with Crippen molar-refractivity contribution in [3.8, 4) is 0 Å². The second kappa shape index (κ2) is 4.80. The molecule has 1 aliphatic carbocycles. The van der Waals surface area contributed by atoms with Crippen molar-refractivity contribution in [3.63, 3.8) is 0 Å². The molecule has 108 valence electrons. The predicted molar refractivity (Wildman–Crippen MR) is 61.9 cm³/mol. The van der Waals surface area contributed by atoms with Crippen LogP contribution in [0.15, 0.2) is 16.8 Å². The van der Waals surface area contributed by atoms with E-state index in [2.05, 4.69) is 20.5 Å². The second-order valence-electron chi connectivity index (χ2n) is 4.66. The van der Waals surface area contributed by atoms with Gasteiger partial charge in [-0.3, -0.25) is 0 Å². The smallest absolute Gasteiger partial charge is 0.406 e. The Bertz CT molecular complexity index is 587. The van der Waals surface area contributed by atoms with Crippen LogP contribution in [0.25, 0.3) is 0 Å². The summed E-state index contributed by atoms with van der Waals surface area (Å²) in [6.45, 7) is -0.976. The summed E-state index contributed by atoms with van der Waals surface area (Å²) in [5.41, 5.74) is 0. The van der Waals surface area contributed by atoms with Gasteiger partial charge in [0.1, 0.15) is 12.4 Å². The zero-order chi connectivity index (χ0) is 14.2. The molecule has 1 fully saturated rings. The quantitative estimate of drug-likeness (QED) is 0.914. The van der Waals surface area contributed by atoms with Crippen molar-refractivity contribution in [1.29, 1.82) is 0 Å². The van der Waals surface area contributed by atoms with Gasteiger partial charge in [0.15, 0.2) is 0 Å². The minimum atomic E-state index is -4.28. The highest BCUT2D eigenvalue weighted by atomic mass is 19.4. The Labute approximate surface area is 112 Å². The first-order valence-corrected chi connectivity index (χ1v) is 6.15. The molecule has 0 spiro atoms. The van der Waals surface area contributed by atoms with E-state index in [1.54, 1.807) is 0 Å². The Kier molecular flexibility index (Phi) is 3.11. The molecule has 20 heavy (non-hydrogen) atoms. The average molecular weight is 287 g/mol.